The largest absolute Gasteiger partial charge is 0.446 e. The van der Waals surface area contributed by atoms with Gasteiger partial charge >= 0.3 is 12.2 Å². The first-order chi connectivity index (χ1) is 9.90. The monoisotopic (exact) mass is 294 g/mol. The predicted octanol–water partition coefficient (Wildman–Crippen LogP) is 3.53. The van der Waals surface area contributed by atoms with E-state index in [4.69, 9.17) is 9.47 Å². The summed E-state index contributed by atoms with van der Waals surface area (Å²) in [4.78, 5) is 23.1. The van der Waals surface area contributed by atoms with Crippen molar-refractivity contribution in [2.75, 3.05) is 5.32 Å². The Bertz CT molecular complexity index is 488. The summed E-state index contributed by atoms with van der Waals surface area (Å²) in [6.07, 6.45) is -0.481. The molecule has 0 saturated heterocycles. The molecule has 116 valence electrons. The van der Waals surface area contributed by atoms with Crippen molar-refractivity contribution in [3.05, 3.63) is 24.3 Å². The van der Waals surface area contributed by atoms with Gasteiger partial charge in [-0.05, 0) is 39.3 Å². The highest BCUT2D eigenvalue weighted by molar-refractivity contribution is 5.85. The van der Waals surface area contributed by atoms with Crippen molar-refractivity contribution in [3.63, 3.8) is 0 Å². The summed E-state index contributed by atoms with van der Waals surface area (Å²) in [5.74, 6) is 0.342. The maximum atomic E-state index is 11.6. The molecule has 0 aliphatic rings. The van der Waals surface area contributed by atoms with Gasteiger partial charge in [-0.15, -0.1) is 0 Å². The van der Waals surface area contributed by atoms with Crippen LogP contribution in [0.1, 0.15) is 34.1 Å². The molecule has 0 fully saturated rings. The Labute approximate surface area is 124 Å². The fourth-order valence-electron chi connectivity index (χ4n) is 1.42. The third kappa shape index (κ3) is 6.65. The molecule has 1 aromatic carbocycles. The molecule has 0 aliphatic carbocycles. The van der Waals surface area contributed by atoms with Gasteiger partial charge in [-0.1, -0.05) is 13.0 Å². The van der Waals surface area contributed by atoms with Gasteiger partial charge < -0.3 is 14.8 Å². The first-order valence-electron chi connectivity index (χ1n) is 6.96. The first-order valence-corrected chi connectivity index (χ1v) is 6.96. The third-order valence-corrected chi connectivity index (χ3v) is 2.58. The number of amides is 2. The van der Waals surface area contributed by atoms with Crippen LogP contribution in [0, 0.1) is 0 Å². The van der Waals surface area contributed by atoms with Crippen LogP contribution in [-0.4, -0.2) is 24.3 Å². The SMILES string of the molecule is CC[C@H](C)OC(=O)Nc1cccc(OC(=O)NC(C)C)c1. The van der Waals surface area contributed by atoms with Gasteiger partial charge in [0.2, 0.25) is 0 Å². The van der Waals surface area contributed by atoms with E-state index in [9.17, 15) is 9.59 Å². The Hall–Kier alpha value is -2.24. The topological polar surface area (TPSA) is 76.7 Å². The van der Waals surface area contributed by atoms with Crippen LogP contribution < -0.4 is 15.4 Å². The number of benzene rings is 1. The van der Waals surface area contributed by atoms with E-state index in [1.165, 1.54) is 0 Å². The second kappa shape index (κ2) is 8.14. The highest BCUT2D eigenvalue weighted by atomic mass is 16.6. The molecule has 6 nitrogen and oxygen atoms in total. The average molecular weight is 294 g/mol. The van der Waals surface area contributed by atoms with Crippen LogP contribution in [0.5, 0.6) is 5.75 Å². The zero-order chi connectivity index (χ0) is 15.8. The Morgan fingerprint density at radius 3 is 2.52 bits per heavy atom. The quantitative estimate of drug-likeness (QED) is 0.871. The second-order valence-corrected chi connectivity index (χ2v) is 4.97. The summed E-state index contributed by atoms with van der Waals surface area (Å²) in [6, 6.07) is 6.54. The lowest BCUT2D eigenvalue weighted by molar-refractivity contribution is 0.118. The van der Waals surface area contributed by atoms with Gasteiger partial charge in [0.05, 0.1) is 0 Å². The van der Waals surface area contributed by atoms with E-state index in [0.717, 1.165) is 6.42 Å². The van der Waals surface area contributed by atoms with Crippen LogP contribution in [-0.2, 0) is 4.74 Å². The van der Waals surface area contributed by atoms with E-state index in [1.54, 1.807) is 24.3 Å². The lowest BCUT2D eigenvalue weighted by Crippen LogP contribution is -2.32. The van der Waals surface area contributed by atoms with E-state index >= 15 is 0 Å². The molecule has 0 aliphatic heterocycles. The summed E-state index contributed by atoms with van der Waals surface area (Å²) in [5, 5.41) is 5.20. The van der Waals surface area contributed by atoms with Gasteiger partial charge in [-0.3, -0.25) is 5.32 Å². The highest BCUT2D eigenvalue weighted by Crippen LogP contribution is 2.18. The Balaban J connectivity index is 2.60. The number of ether oxygens (including phenoxy) is 2. The molecule has 1 rings (SSSR count). The minimum absolute atomic E-state index is 0.00989. The highest BCUT2D eigenvalue weighted by Gasteiger charge is 2.10. The summed E-state index contributed by atoms with van der Waals surface area (Å²) < 4.78 is 10.2. The van der Waals surface area contributed by atoms with Crippen molar-refractivity contribution < 1.29 is 19.1 Å². The zero-order valence-electron chi connectivity index (χ0n) is 12.8. The smallest absolute Gasteiger partial charge is 0.412 e. The van der Waals surface area contributed by atoms with Gasteiger partial charge in [0.1, 0.15) is 11.9 Å². The van der Waals surface area contributed by atoms with Crippen LogP contribution in [0.3, 0.4) is 0 Å². The molecule has 0 radical (unpaired) electrons. The fourth-order valence-corrected chi connectivity index (χ4v) is 1.42. The van der Waals surface area contributed by atoms with Gasteiger partial charge in [0, 0.05) is 17.8 Å². The summed E-state index contributed by atoms with van der Waals surface area (Å²) >= 11 is 0. The minimum atomic E-state index is -0.538. The standard InChI is InChI=1S/C15H22N2O4/c1-5-11(4)20-15(19)17-12-7-6-8-13(9-12)21-14(18)16-10(2)3/h6-11H,5H2,1-4H3,(H,16,18)(H,17,19)/t11-/m0/s1. The number of anilines is 1. The molecule has 0 bridgehead atoms. The van der Waals surface area contributed by atoms with Crippen molar-refractivity contribution >= 4 is 17.9 Å². The number of nitrogens with one attached hydrogen (secondary N) is 2. The number of hydrogen-bond donors (Lipinski definition) is 2. The lowest BCUT2D eigenvalue weighted by Gasteiger charge is -2.13. The molecule has 2 N–H and O–H groups in total. The number of hydrogen-bond acceptors (Lipinski definition) is 4. The van der Waals surface area contributed by atoms with Crippen LogP contribution in [0.15, 0.2) is 24.3 Å². The van der Waals surface area contributed by atoms with Gasteiger partial charge in [-0.25, -0.2) is 9.59 Å². The Kier molecular flexibility index (Phi) is 6.52. The van der Waals surface area contributed by atoms with Crippen LogP contribution in [0.25, 0.3) is 0 Å². The molecule has 0 aromatic heterocycles. The second-order valence-electron chi connectivity index (χ2n) is 4.97. The lowest BCUT2D eigenvalue weighted by atomic mass is 10.3. The summed E-state index contributed by atoms with van der Waals surface area (Å²) in [5.41, 5.74) is 0.498. The molecule has 0 saturated carbocycles. The van der Waals surface area contributed by atoms with E-state index < -0.39 is 12.2 Å². The molecular formula is C15H22N2O4. The molecule has 1 aromatic rings. The molecule has 0 spiro atoms. The molecule has 2 amide bonds. The molecule has 1 atom stereocenters. The van der Waals surface area contributed by atoms with Crippen LogP contribution in [0.2, 0.25) is 0 Å². The van der Waals surface area contributed by atoms with E-state index in [2.05, 4.69) is 10.6 Å². The number of carbonyl (C=O) groups is 2. The minimum Gasteiger partial charge on any atom is -0.446 e. The van der Waals surface area contributed by atoms with Crippen LogP contribution >= 0.6 is 0 Å². The maximum Gasteiger partial charge on any atom is 0.412 e. The average Bonchev–Trinajstić information content (AvgIpc) is 2.37. The van der Waals surface area contributed by atoms with E-state index in [1.807, 2.05) is 27.7 Å². The Morgan fingerprint density at radius 2 is 1.90 bits per heavy atom. The molecule has 0 heterocycles. The Morgan fingerprint density at radius 1 is 1.19 bits per heavy atom. The molecule has 6 heteroatoms. The first kappa shape index (κ1) is 16.8. The van der Waals surface area contributed by atoms with Crippen molar-refractivity contribution in [3.8, 4) is 5.75 Å². The predicted molar refractivity (Wildman–Crippen MR) is 80.6 cm³/mol. The zero-order valence-corrected chi connectivity index (χ0v) is 12.8. The maximum absolute atomic E-state index is 11.6. The van der Waals surface area contributed by atoms with Gasteiger partial charge in [0.15, 0.2) is 0 Å². The van der Waals surface area contributed by atoms with Gasteiger partial charge in [0.25, 0.3) is 0 Å². The number of carbonyl (C=O) groups excluding carboxylic acids is 2. The van der Waals surface area contributed by atoms with E-state index in [0.29, 0.717) is 11.4 Å². The third-order valence-electron chi connectivity index (χ3n) is 2.58. The van der Waals surface area contributed by atoms with Crippen LogP contribution in [0.4, 0.5) is 15.3 Å². The molecule has 0 unspecified atom stereocenters. The molecule has 21 heavy (non-hydrogen) atoms. The number of rotatable bonds is 5. The van der Waals surface area contributed by atoms with Crippen molar-refractivity contribution in [1.29, 1.82) is 0 Å². The molecular weight excluding hydrogens is 272 g/mol. The van der Waals surface area contributed by atoms with Crippen molar-refractivity contribution in [2.45, 2.75) is 46.3 Å². The summed E-state index contributed by atoms with van der Waals surface area (Å²) in [7, 11) is 0. The van der Waals surface area contributed by atoms with Crippen molar-refractivity contribution in [2.24, 2.45) is 0 Å². The van der Waals surface area contributed by atoms with E-state index in [-0.39, 0.29) is 12.1 Å². The summed E-state index contributed by atoms with van der Waals surface area (Å²) in [6.45, 7) is 7.42. The van der Waals surface area contributed by atoms with Crippen molar-refractivity contribution in [1.82, 2.24) is 5.32 Å². The van der Waals surface area contributed by atoms with Gasteiger partial charge in [-0.2, -0.15) is 0 Å². The normalized spacial score (nSPS) is 11.7. The fraction of sp³-hybridized carbons (Fsp3) is 0.467.